The highest BCUT2D eigenvalue weighted by Crippen LogP contribution is 2.42. The SMILES string of the molecule is CCCC/C(=C(\CCC)CN1CCN(c2ccc(C(=O)NS(=O)(=O)c3ccc(N[C@H](CCN4CCN(C(=O)COCCOCCNc5cccc6c5C(OC)N(C5CCC(=O)NC5=O)C6=O)CC4)CSc4ccccc4)c(S(=O)(=O)C(F)(F)F)c3)cc2)CC1)c1ccc(Cl)cc1. The number of nitrogens with one attached hydrogen (secondary N) is 4. The molecule has 5 amide bonds. The Labute approximate surface area is 568 Å². The lowest BCUT2D eigenvalue weighted by Gasteiger charge is -2.37. The van der Waals surface area contributed by atoms with Crippen LogP contribution in [0.5, 0.6) is 0 Å². The van der Waals surface area contributed by atoms with Gasteiger partial charge in [-0.3, -0.25) is 44.0 Å². The van der Waals surface area contributed by atoms with E-state index in [1.54, 1.807) is 35.2 Å². The molecule has 0 aromatic heterocycles. The summed E-state index contributed by atoms with van der Waals surface area (Å²) in [6.07, 6.45) is 4.87. The average molecular weight is 1410 g/mol. The molecule has 4 aliphatic rings. The highest BCUT2D eigenvalue weighted by atomic mass is 35.5. The number of sulfone groups is 1. The van der Waals surface area contributed by atoms with Gasteiger partial charge < -0.3 is 34.6 Å². The van der Waals surface area contributed by atoms with Gasteiger partial charge in [0.05, 0.1) is 30.4 Å². The minimum atomic E-state index is -6.17. The van der Waals surface area contributed by atoms with Crippen LogP contribution in [-0.4, -0.2) is 195 Å². The third-order valence-electron chi connectivity index (χ3n) is 17.4. The van der Waals surface area contributed by atoms with Gasteiger partial charge in [-0.1, -0.05) is 80.3 Å². The first kappa shape index (κ1) is 73.2. The van der Waals surface area contributed by atoms with Crippen molar-refractivity contribution in [3.05, 3.63) is 148 Å². The van der Waals surface area contributed by atoms with E-state index in [4.69, 9.17) is 25.8 Å². The Hall–Kier alpha value is -7.08. The number of sulfonamides is 1. The number of piperazine rings is 2. The largest absolute Gasteiger partial charge is 0.501 e. The van der Waals surface area contributed by atoms with Gasteiger partial charge in [0, 0.05) is 135 Å². The number of ether oxygens (including phenoxy) is 3. The number of rotatable bonds is 32. The zero-order valence-electron chi connectivity index (χ0n) is 54.0. The van der Waals surface area contributed by atoms with E-state index < -0.39 is 76.9 Å². The second-order valence-corrected chi connectivity index (χ2v) is 29.0. The van der Waals surface area contributed by atoms with Gasteiger partial charge in [0.15, 0.2) is 6.23 Å². The second kappa shape index (κ2) is 33.9. The standard InChI is InChI=1S/C68H83ClF3N9O12S3/c1-4-6-14-55(47-17-21-50(69)22-18-47)49(11-5-2)44-78-34-36-79(37-35-78)52-23-19-48(20-24-52)64(84)76-96(89,90)54-25-26-57(60(43-54)95(87,88)68(70,71)72)74-51(46-94-53-12-8-7-9-13-53)29-31-77-32-38-80(39-33-77)62(83)45-93-42-41-92-40-30-73-58-16-10-15-56-63(58)67(91-3)81(66(56)86)59-27-28-61(82)75-65(59)85/h7-10,12-13,15-26,43,51,59,67,73-74H,4-6,11,14,27-42,44-46H2,1-3H3,(H,76,84)(H,75,82,85)/b55-49-/t51-,59?,67?/m1/s1. The van der Waals surface area contributed by atoms with E-state index >= 15 is 0 Å². The lowest BCUT2D eigenvalue weighted by molar-refractivity contribution is -0.140. The molecule has 518 valence electrons. The van der Waals surface area contributed by atoms with E-state index in [1.807, 2.05) is 47.2 Å². The zero-order chi connectivity index (χ0) is 68.6. The number of carbonyl (C=O) groups excluding carboxylic acids is 5. The van der Waals surface area contributed by atoms with Gasteiger partial charge in [0.2, 0.25) is 17.7 Å². The summed E-state index contributed by atoms with van der Waals surface area (Å²) in [6, 6.07) is 29.6. The van der Waals surface area contributed by atoms with Crippen LogP contribution in [0.15, 0.2) is 136 Å². The lowest BCUT2D eigenvalue weighted by Crippen LogP contribution is -2.53. The number of piperidine rings is 1. The number of benzene rings is 5. The number of unbranched alkanes of at least 4 members (excludes halogenated alkanes) is 1. The van der Waals surface area contributed by atoms with Gasteiger partial charge in [-0.25, -0.2) is 21.6 Å². The van der Waals surface area contributed by atoms with Crippen molar-refractivity contribution in [3.8, 4) is 0 Å². The molecule has 28 heteroatoms. The van der Waals surface area contributed by atoms with Crippen LogP contribution in [0.25, 0.3) is 5.57 Å². The third kappa shape index (κ3) is 18.8. The number of alkyl halides is 3. The molecule has 3 saturated heterocycles. The Morgan fingerprint density at radius 1 is 0.771 bits per heavy atom. The van der Waals surface area contributed by atoms with Crippen molar-refractivity contribution in [1.29, 1.82) is 0 Å². The molecule has 0 spiro atoms. The number of thioether (sulfide) groups is 1. The van der Waals surface area contributed by atoms with Crippen LogP contribution in [0.1, 0.15) is 103 Å². The molecule has 4 aliphatic heterocycles. The number of imide groups is 1. The summed E-state index contributed by atoms with van der Waals surface area (Å²) in [6.45, 7) is 11.0. The van der Waals surface area contributed by atoms with Gasteiger partial charge >= 0.3 is 5.51 Å². The molecule has 0 bridgehead atoms. The Kier molecular flexibility index (Phi) is 25.9. The first-order chi connectivity index (χ1) is 46.1. The summed E-state index contributed by atoms with van der Waals surface area (Å²) in [4.78, 5) is 73.1. The Morgan fingerprint density at radius 2 is 1.47 bits per heavy atom. The number of methoxy groups -OCH3 is 1. The van der Waals surface area contributed by atoms with E-state index in [2.05, 4.69) is 56.6 Å². The molecule has 3 fully saturated rings. The van der Waals surface area contributed by atoms with Crippen LogP contribution in [0, 0.1) is 0 Å². The smallest absolute Gasteiger partial charge is 0.382 e. The molecular weight excluding hydrogens is 1320 g/mol. The van der Waals surface area contributed by atoms with Crippen molar-refractivity contribution in [3.63, 3.8) is 0 Å². The Morgan fingerprint density at radius 3 is 2.15 bits per heavy atom. The summed E-state index contributed by atoms with van der Waals surface area (Å²) in [5.74, 6) is -2.35. The van der Waals surface area contributed by atoms with Gasteiger partial charge in [-0.2, -0.15) is 13.2 Å². The van der Waals surface area contributed by atoms with E-state index in [0.29, 0.717) is 86.7 Å². The monoisotopic (exact) mass is 1410 g/mol. The summed E-state index contributed by atoms with van der Waals surface area (Å²) in [7, 11) is -9.67. The predicted octanol–water partition coefficient (Wildman–Crippen LogP) is 9.48. The summed E-state index contributed by atoms with van der Waals surface area (Å²) in [5, 5.41) is 9.27. The fraction of sp³-hybridized carbons (Fsp3) is 0.456. The number of carbonyl (C=O) groups is 5. The summed E-state index contributed by atoms with van der Waals surface area (Å²) in [5.41, 5.74) is 0.0387. The topological polar surface area (TPSA) is 246 Å². The number of fused-ring (bicyclic) bond motifs is 1. The highest BCUT2D eigenvalue weighted by Gasteiger charge is 2.49. The van der Waals surface area contributed by atoms with Crippen LogP contribution >= 0.6 is 23.4 Å². The molecule has 3 atom stereocenters. The molecule has 4 heterocycles. The molecule has 4 N–H and O–H groups in total. The first-order valence-electron chi connectivity index (χ1n) is 32.3. The summed E-state index contributed by atoms with van der Waals surface area (Å²) >= 11 is 7.63. The number of halogens is 4. The van der Waals surface area contributed by atoms with Gasteiger partial charge in [-0.15, -0.1) is 11.8 Å². The first-order valence-corrected chi connectivity index (χ1v) is 36.6. The maximum Gasteiger partial charge on any atom is 0.501 e. The van der Waals surface area contributed by atoms with E-state index in [1.165, 1.54) is 52.6 Å². The highest BCUT2D eigenvalue weighted by molar-refractivity contribution is 7.99. The Bertz CT molecular complexity index is 3780. The van der Waals surface area contributed by atoms with Crippen molar-refractivity contribution in [1.82, 2.24) is 29.6 Å². The van der Waals surface area contributed by atoms with Crippen molar-refractivity contribution in [2.24, 2.45) is 0 Å². The van der Waals surface area contributed by atoms with Crippen molar-refractivity contribution < 1.29 is 68.2 Å². The second-order valence-electron chi connectivity index (χ2n) is 23.9. The molecule has 96 heavy (non-hydrogen) atoms. The van der Waals surface area contributed by atoms with E-state index in [9.17, 15) is 54.0 Å². The van der Waals surface area contributed by atoms with E-state index in [-0.39, 0.29) is 62.4 Å². The van der Waals surface area contributed by atoms with E-state index in [0.717, 1.165) is 74.5 Å². The van der Waals surface area contributed by atoms with Crippen LogP contribution < -0.4 is 25.6 Å². The quantitative estimate of drug-likeness (QED) is 0.0178. The van der Waals surface area contributed by atoms with Gasteiger partial charge in [0.25, 0.3) is 31.7 Å². The molecule has 0 radical (unpaired) electrons. The number of hydrogen-bond acceptors (Lipinski definition) is 18. The normalized spacial score (nSPS) is 18.0. The van der Waals surface area contributed by atoms with Crippen molar-refractivity contribution in [2.75, 3.05) is 127 Å². The molecular formula is C68H83ClF3N9O12S3. The van der Waals surface area contributed by atoms with Gasteiger partial charge in [-0.05, 0) is 122 Å². The molecule has 5 aromatic carbocycles. The minimum absolute atomic E-state index is 0.0408. The van der Waals surface area contributed by atoms with Crippen molar-refractivity contribution >= 4 is 95.4 Å². The number of hydrogen-bond donors (Lipinski definition) is 4. The average Bonchev–Trinajstić information content (AvgIpc) is 1.49. The van der Waals surface area contributed by atoms with Crippen LogP contribution in [-0.2, 0) is 48.5 Å². The molecule has 0 saturated carbocycles. The van der Waals surface area contributed by atoms with Crippen molar-refractivity contribution in [2.45, 2.75) is 104 Å². The molecule has 21 nitrogen and oxygen atoms in total. The third-order valence-corrected chi connectivity index (χ3v) is 21.7. The fourth-order valence-electron chi connectivity index (χ4n) is 12.2. The fourth-order valence-corrected chi connectivity index (χ4v) is 15.4. The van der Waals surface area contributed by atoms with Crippen LogP contribution in [0.3, 0.4) is 0 Å². The Balaban J connectivity index is 0.752. The zero-order valence-corrected chi connectivity index (χ0v) is 57.2. The predicted molar refractivity (Wildman–Crippen MR) is 363 cm³/mol. The van der Waals surface area contributed by atoms with Crippen LogP contribution in [0.2, 0.25) is 5.02 Å². The molecule has 9 rings (SSSR count). The van der Waals surface area contributed by atoms with Crippen LogP contribution in [0.4, 0.5) is 30.2 Å². The summed E-state index contributed by atoms with van der Waals surface area (Å²) < 4.78 is 117. The minimum Gasteiger partial charge on any atom is -0.382 e. The lowest BCUT2D eigenvalue weighted by atomic mass is 9.92. The number of amides is 5. The number of allylic oxidation sites excluding steroid dienone is 1. The molecule has 0 aliphatic carbocycles. The van der Waals surface area contributed by atoms with Gasteiger partial charge in [0.1, 0.15) is 17.5 Å². The number of anilines is 3. The maximum atomic E-state index is 14.5. The molecule has 5 aromatic rings. The molecule has 2 unspecified atom stereocenters. The number of nitrogens with zero attached hydrogens (tertiary/aromatic N) is 5. The maximum absolute atomic E-state index is 14.5.